The molecule has 4 nitrogen and oxygen atoms in total. The van der Waals surface area contributed by atoms with E-state index in [-0.39, 0.29) is 0 Å². The minimum Gasteiger partial charge on any atom is -0.465 e. The van der Waals surface area contributed by atoms with Gasteiger partial charge in [-0.1, -0.05) is 6.92 Å². The predicted molar refractivity (Wildman–Crippen MR) is 80.8 cm³/mol. The number of hydrogen-bond donors (Lipinski definition) is 1. The van der Waals surface area contributed by atoms with Crippen LogP contribution < -0.4 is 5.32 Å². The van der Waals surface area contributed by atoms with Gasteiger partial charge in [-0.3, -0.25) is 4.90 Å². The Morgan fingerprint density at radius 3 is 2.95 bits per heavy atom. The van der Waals surface area contributed by atoms with Crippen LogP contribution in [0.1, 0.15) is 43.3 Å². The first-order valence-corrected chi connectivity index (χ1v) is 7.78. The second kappa shape index (κ2) is 7.81. The van der Waals surface area contributed by atoms with Crippen molar-refractivity contribution in [3.05, 3.63) is 23.2 Å². The lowest BCUT2D eigenvalue weighted by Crippen LogP contribution is -2.33. The average Bonchev–Trinajstić information content (AvgIpc) is 2.78. The molecule has 1 N–H and O–H groups in total. The highest BCUT2D eigenvalue weighted by molar-refractivity contribution is 5.20. The van der Waals surface area contributed by atoms with Gasteiger partial charge < -0.3 is 14.5 Å². The number of furan rings is 1. The molecule has 20 heavy (non-hydrogen) atoms. The van der Waals surface area contributed by atoms with E-state index in [4.69, 9.17) is 9.15 Å². The summed E-state index contributed by atoms with van der Waals surface area (Å²) in [6.45, 7) is 8.80. The van der Waals surface area contributed by atoms with Gasteiger partial charge in [0.15, 0.2) is 0 Å². The number of likely N-dealkylation sites (N-methyl/N-ethyl adjacent to an activating group) is 1. The Morgan fingerprint density at radius 2 is 2.25 bits per heavy atom. The third-order valence-electron chi connectivity index (χ3n) is 3.85. The lowest BCUT2D eigenvalue weighted by Gasteiger charge is -2.27. The van der Waals surface area contributed by atoms with Gasteiger partial charge in [-0.05, 0) is 45.8 Å². The molecule has 2 rings (SSSR count). The van der Waals surface area contributed by atoms with E-state index in [1.165, 1.54) is 24.8 Å². The van der Waals surface area contributed by atoms with Crippen LogP contribution in [0.4, 0.5) is 0 Å². The van der Waals surface area contributed by atoms with Crippen LogP contribution in [0.15, 0.2) is 10.5 Å². The van der Waals surface area contributed by atoms with Gasteiger partial charge in [0.1, 0.15) is 11.5 Å². The average molecular weight is 280 g/mol. The molecule has 2 heterocycles. The summed E-state index contributed by atoms with van der Waals surface area (Å²) in [5.74, 6) is 2.07. The first kappa shape index (κ1) is 15.5. The highest BCUT2D eigenvalue weighted by Gasteiger charge is 2.17. The Kier molecular flexibility index (Phi) is 6.07. The van der Waals surface area contributed by atoms with Gasteiger partial charge in [0, 0.05) is 25.3 Å². The molecule has 1 aromatic rings. The van der Waals surface area contributed by atoms with E-state index in [1.54, 1.807) is 0 Å². The maximum absolute atomic E-state index is 5.80. The monoisotopic (exact) mass is 280 g/mol. The molecular weight excluding hydrogens is 252 g/mol. The van der Waals surface area contributed by atoms with Gasteiger partial charge in [-0.25, -0.2) is 0 Å². The Balaban J connectivity index is 1.83. The molecule has 0 aromatic carbocycles. The molecule has 4 heteroatoms. The summed E-state index contributed by atoms with van der Waals surface area (Å²) in [7, 11) is 2.16. The summed E-state index contributed by atoms with van der Waals surface area (Å²) in [5.41, 5.74) is 1.29. The van der Waals surface area contributed by atoms with Crippen molar-refractivity contribution in [2.24, 2.45) is 0 Å². The van der Waals surface area contributed by atoms with Crippen molar-refractivity contribution in [2.75, 3.05) is 26.7 Å². The molecule has 0 amide bonds. The molecule has 1 fully saturated rings. The number of ether oxygens (including phenoxy) is 1. The Hall–Kier alpha value is -0.840. The molecule has 1 unspecified atom stereocenters. The minimum atomic E-state index is 0.405. The molecule has 0 radical (unpaired) electrons. The number of aryl methyl sites for hydroxylation is 1. The number of rotatable bonds is 7. The maximum Gasteiger partial charge on any atom is 0.118 e. The second-order valence-corrected chi connectivity index (χ2v) is 5.76. The van der Waals surface area contributed by atoms with E-state index in [1.807, 2.05) is 0 Å². The molecule has 0 bridgehead atoms. The molecule has 1 atom stereocenters. The van der Waals surface area contributed by atoms with Gasteiger partial charge in [0.25, 0.3) is 0 Å². The van der Waals surface area contributed by atoms with E-state index in [0.717, 1.165) is 44.3 Å². The first-order valence-electron chi connectivity index (χ1n) is 7.78. The van der Waals surface area contributed by atoms with Crippen LogP contribution in [0.5, 0.6) is 0 Å². The topological polar surface area (TPSA) is 37.6 Å². The minimum absolute atomic E-state index is 0.405. The van der Waals surface area contributed by atoms with E-state index in [9.17, 15) is 0 Å². The fourth-order valence-electron chi connectivity index (χ4n) is 2.73. The van der Waals surface area contributed by atoms with Crippen molar-refractivity contribution < 1.29 is 9.15 Å². The van der Waals surface area contributed by atoms with Gasteiger partial charge in [0.05, 0.1) is 12.6 Å². The SMILES string of the molecule is CCNCc1cc(CN(C)CC2CCCCO2)c(C)o1. The maximum atomic E-state index is 5.80. The number of hydrogen-bond acceptors (Lipinski definition) is 4. The van der Waals surface area contributed by atoms with Gasteiger partial charge in [0.2, 0.25) is 0 Å². The van der Waals surface area contributed by atoms with Gasteiger partial charge in [-0.15, -0.1) is 0 Å². The quantitative estimate of drug-likeness (QED) is 0.833. The number of nitrogens with one attached hydrogen (secondary N) is 1. The Morgan fingerprint density at radius 1 is 1.40 bits per heavy atom. The van der Waals surface area contributed by atoms with Crippen LogP contribution in [0, 0.1) is 6.92 Å². The molecular formula is C16H28N2O2. The zero-order valence-electron chi connectivity index (χ0n) is 13.1. The Labute approximate surface area is 122 Å². The highest BCUT2D eigenvalue weighted by atomic mass is 16.5. The summed E-state index contributed by atoms with van der Waals surface area (Å²) in [6, 6.07) is 2.18. The Bertz CT molecular complexity index is 397. The fraction of sp³-hybridized carbons (Fsp3) is 0.750. The van der Waals surface area contributed by atoms with Gasteiger partial charge in [-0.2, -0.15) is 0 Å². The molecule has 1 aliphatic rings. The highest BCUT2D eigenvalue weighted by Crippen LogP contribution is 2.18. The van der Waals surface area contributed by atoms with Crippen molar-refractivity contribution in [3.8, 4) is 0 Å². The van der Waals surface area contributed by atoms with Crippen molar-refractivity contribution >= 4 is 0 Å². The van der Waals surface area contributed by atoms with Crippen LogP contribution in [0.25, 0.3) is 0 Å². The molecule has 1 aliphatic heterocycles. The van der Waals surface area contributed by atoms with E-state index in [0.29, 0.717) is 6.10 Å². The standard InChI is InChI=1S/C16H28N2O2/c1-4-17-10-16-9-14(13(2)20-16)11-18(3)12-15-7-5-6-8-19-15/h9,15,17H,4-8,10-12H2,1-3H3. The molecule has 1 aromatic heterocycles. The molecule has 114 valence electrons. The third-order valence-corrected chi connectivity index (χ3v) is 3.85. The summed E-state index contributed by atoms with van der Waals surface area (Å²) in [6.07, 6.45) is 4.12. The van der Waals surface area contributed by atoms with E-state index < -0.39 is 0 Å². The van der Waals surface area contributed by atoms with Crippen LogP contribution in [-0.2, 0) is 17.8 Å². The summed E-state index contributed by atoms with van der Waals surface area (Å²) >= 11 is 0. The second-order valence-electron chi connectivity index (χ2n) is 5.76. The van der Waals surface area contributed by atoms with Crippen molar-refractivity contribution in [1.29, 1.82) is 0 Å². The largest absolute Gasteiger partial charge is 0.465 e. The summed E-state index contributed by atoms with van der Waals surface area (Å²) in [4.78, 5) is 2.34. The van der Waals surface area contributed by atoms with Crippen LogP contribution in [-0.4, -0.2) is 37.7 Å². The molecule has 0 aliphatic carbocycles. The van der Waals surface area contributed by atoms with E-state index in [2.05, 4.69) is 37.2 Å². The fourth-order valence-corrected chi connectivity index (χ4v) is 2.73. The normalized spacial score (nSPS) is 19.7. The van der Waals surface area contributed by atoms with Crippen molar-refractivity contribution in [3.63, 3.8) is 0 Å². The zero-order valence-corrected chi connectivity index (χ0v) is 13.1. The number of nitrogens with zero attached hydrogens (tertiary/aromatic N) is 1. The summed E-state index contributed by atoms with van der Waals surface area (Å²) < 4.78 is 11.6. The first-order chi connectivity index (χ1) is 9.69. The van der Waals surface area contributed by atoms with Crippen LogP contribution in [0.3, 0.4) is 0 Å². The van der Waals surface area contributed by atoms with Crippen LogP contribution >= 0.6 is 0 Å². The molecule has 0 spiro atoms. The van der Waals surface area contributed by atoms with Gasteiger partial charge >= 0.3 is 0 Å². The molecule has 0 saturated carbocycles. The summed E-state index contributed by atoms with van der Waals surface area (Å²) in [5, 5.41) is 3.30. The van der Waals surface area contributed by atoms with E-state index >= 15 is 0 Å². The lowest BCUT2D eigenvalue weighted by molar-refractivity contribution is -0.00264. The van der Waals surface area contributed by atoms with Crippen LogP contribution in [0.2, 0.25) is 0 Å². The molecule has 1 saturated heterocycles. The zero-order chi connectivity index (χ0) is 14.4. The lowest BCUT2D eigenvalue weighted by atomic mass is 10.1. The van der Waals surface area contributed by atoms with Crippen molar-refractivity contribution in [2.45, 2.75) is 52.3 Å². The van der Waals surface area contributed by atoms with Crippen molar-refractivity contribution in [1.82, 2.24) is 10.2 Å². The predicted octanol–water partition coefficient (Wildman–Crippen LogP) is 2.70. The third kappa shape index (κ3) is 4.62. The smallest absolute Gasteiger partial charge is 0.118 e.